The molecule has 1 atom stereocenters. The molecule has 0 heterocycles. The Morgan fingerprint density at radius 1 is 1.50 bits per heavy atom. The van der Waals surface area contributed by atoms with Crippen LogP contribution in [0.5, 0.6) is 0 Å². The highest BCUT2D eigenvalue weighted by Crippen LogP contribution is 2.13. The van der Waals surface area contributed by atoms with Crippen molar-refractivity contribution in [2.24, 2.45) is 0 Å². The van der Waals surface area contributed by atoms with E-state index in [0.717, 1.165) is 0 Å². The topological polar surface area (TPSA) is 32.3 Å². The Labute approximate surface area is 100 Å². The summed E-state index contributed by atoms with van der Waals surface area (Å²) in [6, 6.07) is 6.40. The molecule has 0 saturated carbocycles. The Morgan fingerprint density at radius 2 is 2.06 bits per heavy atom. The molecule has 4 heteroatoms. The third-order valence-corrected chi connectivity index (χ3v) is 2.49. The predicted octanol–water partition coefficient (Wildman–Crippen LogP) is 2.83. The zero-order valence-corrected chi connectivity index (χ0v) is 9.95. The van der Waals surface area contributed by atoms with Crippen LogP contribution in [0.1, 0.15) is 6.92 Å². The van der Waals surface area contributed by atoms with E-state index in [0.29, 0.717) is 10.7 Å². The van der Waals surface area contributed by atoms with Crippen LogP contribution < -0.4 is 5.32 Å². The normalized spacial score (nSPS) is 11.4. The molecule has 0 saturated heterocycles. The standard InChI is InChI=1S/C12H13ClN2O/c1-4-9(2)15(3)12(16)14-11-7-5-10(13)6-8-11/h1,5-9H,2-3H3,(H,14,16)/t9-/m0/s1. The minimum atomic E-state index is -0.243. The second-order valence-corrected chi connectivity index (χ2v) is 3.83. The highest BCUT2D eigenvalue weighted by Gasteiger charge is 2.13. The summed E-state index contributed by atoms with van der Waals surface area (Å²) >= 11 is 5.73. The number of anilines is 1. The molecule has 0 spiro atoms. The van der Waals surface area contributed by atoms with E-state index in [9.17, 15) is 4.79 Å². The van der Waals surface area contributed by atoms with E-state index in [1.54, 1.807) is 38.2 Å². The maximum absolute atomic E-state index is 11.7. The molecule has 0 radical (unpaired) electrons. The highest BCUT2D eigenvalue weighted by molar-refractivity contribution is 6.30. The van der Waals surface area contributed by atoms with Gasteiger partial charge >= 0.3 is 6.03 Å². The quantitative estimate of drug-likeness (QED) is 0.787. The molecule has 2 amide bonds. The van der Waals surface area contributed by atoms with Crippen molar-refractivity contribution in [1.29, 1.82) is 0 Å². The number of hydrogen-bond donors (Lipinski definition) is 1. The number of benzene rings is 1. The molecule has 0 aliphatic carbocycles. The van der Waals surface area contributed by atoms with Crippen LogP contribution in [-0.4, -0.2) is 24.0 Å². The maximum Gasteiger partial charge on any atom is 0.322 e. The largest absolute Gasteiger partial charge is 0.322 e. The molecule has 0 bridgehead atoms. The fourth-order valence-electron chi connectivity index (χ4n) is 1.03. The van der Waals surface area contributed by atoms with Crippen molar-refractivity contribution in [3.05, 3.63) is 29.3 Å². The smallest absolute Gasteiger partial charge is 0.314 e. The Balaban J connectivity index is 2.65. The van der Waals surface area contributed by atoms with Gasteiger partial charge in [-0.25, -0.2) is 4.79 Å². The van der Waals surface area contributed by atoms with Crippen LogP contribution in [0.25, 0.3) is 0 Å². The van der Waals surface area contributed by atoms with Gasteiger partial charge in [0.25, 0.3) is 0 Å². The Bertz CT molecular complexity index is 408. The van der Waals surface area contributed by atoms with Gasteiger partial charge in [-0.1, -0.05) is 17.5 Å². The van der Waals surface area contributed by atoms with Gasteiger partial charge in [-0.3, -0.25) is 0 Å². The van der Waals surface area contributed by atoms with Gasteiger partial charge in [-0.2, -0.15) is 0 Å². The number of nitrogens with zero attached hydrogens (tertiary/aromatic N) is 1. The molecule has 16 heavy (non-hydrogen) atoms. The third kappa shape index (κ3) is 3.18. The number of hydrogen-bond acceptors (Lipinski definition) is 1. The van der Waals surface area contributed by atoms with Crippen LogP contribution in [0.4, 0.5) is 10.5 Å². The molecule has 1 aromatic carbocycles. The highest BCUT2D eigenvalue weighted by atomic mass is 35.5. The number of rotatable bonds is 2. The minimum absolute atomic E-state index is 0.243. The SMILES string of the molecule is C#C[C@H](C)N(C)C(=O)Nc1ccc(Cl)cc1. The molecule has 1 aromatic rings. The molecular formula is C12H13ClN2O. The van der Waals surface area contributed by atoms with Gasteiger partial charge in [0.1, 0.15) is 0 Å². The van der Waals surface area contributed by atoms with E-state index < -0.39 is 0 Å². The molecule has 0 unspecified atom stereocenters. The third-order valence-electron chi connectivity index (χ3n) is 2.24. The van der Waals surface area contributed by atoms with Gasteiger partial charge in [0.05, 0.1) is 6.04 Å². The Hall–Kier alpha value is -1.66. The first-order valence-electron chi connectivity index (χ1n) is 4.80. The number of carbonyl (C=O) groups excluding carboxylic acids is 1. The average Bonchev–Trinajstić information content (AvgIpc) is 2.30. The maximum atomic E-state index is 11.7. The first-order valence-corrected chi connectivity index (χ1v) is 5.18. The summed E-state index contributed by atoms with van der Waals surface area (Å²) in [5.41, 5.74) is 0.686. The lowest BCUT2D eigenvalue weighted by Gasteiger charge is -2.21. The number of urea groups is 1. The van der Waals surface area contributed by atoms with Gasteiger partial charge in [0, 0.05) is 17.8 Å². The van der Waals surface area contributed by atoms with Crippen molar-refractivity contribution in [3.63, 3.8) is 0 Å². The van der Waals surface area contributed by atoms with Crippen LogP contribution >= 0.6 is 11.6 Å². The molecule has 3 nitrogen and oxygen atoms in total. The zero-order valence-electron chi connectivity index (χ0n) is 9.20. The number of carbonyl (C=O) groups is 1. The number of nitrogens with one attached hydrogen (secondary N) is 1. The van der Waals surface area contributed by atoms with Crippen LogP contribution in [-0.2, 0) is 0 Å². The number of halogens is 1. The Kier molecular flexibility index (Phi) is 4.21. The summed E-state index contributed by atoms with van der Waals surface area (Å²) in [7, 11) is 1.65. The van der Waals surface area contributed by atoms with Crippen molar-refractivity contribution in [2.75, 3.05) is 12.4 Å². The van der Waals surface area contributed by atoms with Crippen molar-refractivity contribution in [1.82, 2.24) is 4.90 Å². The second-order valence-electron chi connectivity index (χ2n) is 3.39. The van der Waals surface area contributed by atoms with Crippen molar-refractivity contribution in [3.8, 4) is 12.3 Å². The van der Waals surface area contributed by atoms with Crippen LogP contribution in [0.3, 0.4) is 0 Å². The number of terminal acetylenes is 1. The van der Waals surface area contributed by atoms with E-state index >= 15 is 0 Å². The molecule has 0 aliphatic heterocycles. The number of amides is 2. The van der Waals surface area contributed by atoms with Gasteiger partial charge in [-0.15, -0.1) is 6.42 Å². The lowest BCUT2D eigenvalue weighted by atomic mass is 10.3. The van der Waals surface area contributed by atoms with E-state index in [1.807, 2.05) is 0 Å². The fourth-order valence-corrected chi connectivity index (χ4v) is 1.16. The lowest BCUT2D eigenvalue weighted by molar-refractivity contribution is 0.217. The summed E-state index contributed by atoms with van der Waals surface area (Å²) in [5, 5.41) is 3.35. The fraction of sp³-hybridized carbons (Fsp3) is 0.250. The summed E-state index contributed by atoms with van der Waals surface area (Å²) in [4.78, 5) is 13.1. The zero-order chi connectivity index (χ0) is 12.1. The van der Waals surface area contributed by atoms with Crippen LogP contribution in [0, 0.1) is 12.3 Å². The van der Waals surface area contributed by atoms with Crippen LogP contribution in [0.2, 0.25) is 5.02 Å². The molecule has 0 fully saturated rings. The lowest BCUT2D eigenvalue weighted by Crippen LogP contribution is -2.37. The summed E-state index contributed by atoms with van der Waals surface area (Å²) in [5.74, 6) is 2.48. The van der Waals surface area contributed by atoms with E-state index in [4.69, 9.17) is 18.0 Å². The Morgan fingerprint density at radius 3 is 2.56 bits per heavy atom. The summed E-state index contributed by atoms with van der Waals surface area (Å²) in [6.07, 6.45) is 5.23. The average molecular weight is 237 g/mol. The molecular weight excluding hydrogens is 224 g/mol. The van der Waals surface area contributed by atoms with Crippen molar-refractivity contribution < 1.29 is 4.79 Å². The summed E-state index contributed by atoms with van der Waals surface area (Å²) in [6.45, 7) is 1.78. The molecule has 1 rings (SSSR count). The van der Waals surface area contributed by atoms with Gasteiger partial charge in [-0.05, 0) is 31.2 Å². The van der Waals surface area contributed by atoms with Gasteiger partial charge in [0.15, 0.2) is 0 Å². The first kappa shape index (κ1) is 12.4. The monoisotopic (exact) mass is 236 g/mol. The predicted molar refractivity (Wildman–Crippen MR) is 66.5 cm³/mol. The van der Waals surface area contributed by atoms with E-state index in [1.165, 1.54) is 4.90 Å². The second kappa shape index (κ2) is 5.43. The summed E-state index contributed by atoms with van der Waals surface area (Å²) < 4.78 is 0. The molecule has 1 N–H and O–H groups in total. The van der Waals surface area contributed by atoms with Crippen molar-refractivity contribution in [2.45, 2.75) is 13.0 Å². The minimum Gasteiger partial charge on any atom is -0.314 e. The van der Waals surface area contributed by atoms with Crippen molar-refractivity contribution >= 4 is 23.3 Å². The molecule has 0 aliphatic rings. The van der Waals surface area contributed by atoms with E-state index in [2.05, 4.69) is 11.2 Å². The van der Waals surface area contributed by atoms with Gasteiger partial charge < -0.3 is 10.2 Å². The first-order chi connectivity index (χ1) is 7.54. The van der Waals surface area contributed by atoms with Crippen LogP contribution in [0.15, 0.2) is 24.3 Å². The van der Waals surface area contributed by atoms with Gasteiger partial charge in [0.2, 0.25) is 0 Å². The molecule has 84 valence electrons. The van der Waals surface area contributed by atoms with E-state index in [-0.39, 0.29) is 12.1 Å². The molecule has 0 aromatic heterocycles.